The van der Waals surface area contributed by atoms with E-state index in [-0.39, 0.29) is 12.4 Å². The Balaban J connectivity index is 2.10. The van der Waals surface area contributed by atoms with E-state index in [4.69, 9.17) is 21.7 Å². The number of carbonyl (C=O) groups excluding carboxylic acids is 1. The molecule has 0 spiro atoms. The number of ether oxygens (including phenoxy) is 2. The first-order chi connectivity index (χ1) is 13.5. The standard InChI is InChI=1S/C21H21FN2O3S/c1-4-27-20(25)18-13(2)24(16-8-10-17(26-3)11-9-16)21(28)23-19(18)14-6-5-7-15(22)12-14/h5-12,19H,4H2,1-3H3,(H,23,28)/t19-/m1/s1. The van der Waals surface area contributed by atoms with Gasteiger partial charge in [0.05, 0.1) is 25.3 Å². The maximum absolute atomic E-state index is 13.8. The first-order valence-electron chi connectivity index (χ1n) is 8.84. The lowest BCUT2D eigenvalue weighted by Gasteiger charge is -2.37. The van der Waals surface area contributed by atoms with Crippen LogP contribution in [0.1, 0.15) is 25.5 Å². The summed E-state index contributed by atoms with van der Waals surface area (Å²) in [5, 5.41) is 3.57. The monoisotopic (exact) mass is 400 g/mol. The molecule has 0 amide bonds. The second kappa shape index (κ2) is 8.39. The highest BCUT2D eigenvalue weighted by molar-refractivity contribution is 7.80. The minimum Gasteiger partial charge on any atom is -0.497 e. The van der Waals surface area contributed by atoms with Gasteiger partial charge in [-0.25, -0.2) is 9.18 Å². The molecule has 0 radical (unpaired) electrons. The average molecular weight is 400 g/mol. The number of allylic oxidation sites excluding steroid dienone is 1. The number of halogens is 1. The number of carbonyl (C=O) groups is 1. The number of thiocarbonyl (C=S) groups is 1. The molecule has 1 heterocycles. The molecule has 3 rings (SSSR count). The molecule has 0 aliphatic carbocycles. The molecule has 146 valence electrons. The number of hydrogen-bond donors (Lipinski definition) is 1. The molecule has 2 aromatic rings. The molecule has 1 atom stereocenters. The summed E-state index contributed by atoms with van der Waals surface area (Å²) in [4.78, 5) is 14.5. The minimum absolute atomic E-state index is 0.235. The van der Waals surface area contributed by atoms with Gasteiger partial charge >= 0.3 is 5.97 Å². The van der Waals surface area contributed by atoms with Crippen molar-refractivity contribution in [3.8, 4) is 5.75 Å². The molecule has 0 saturated heterocycles. The lowest BCUT2D eigenvalue weighted by atomic mass is 9.94. The van der Waals surface area contributed by atoms with Crippen molar-refractivity contribution in [1.82, 2.24) is 5.32 Å². The van der Waals surface area contributed by atoms with E-state index in [1.54, 1.807) is 38.0 Å². The first-order valence-corrected chi connectivity index (χ1v) is 9.25. The summed E-state index contributed by atoms with van der Waals surface area (Å²) in [6.45, 7) is 3.78. The van der Waals surface area contributed by atoms with Crippen LogP contribution < -0.4 is 15.0 Å². The lowest BCUT2D eigenvalue weighted by Crippen LogP contribution is -2.48. The second-order valence-corrected chi connectivity index (χ2v) is 6.58. The number of anilines is 1. The van der Waals surface area contributed by atoms with Gasteiger partial charge in [-0.1, -0.05) is 12.1 Å². The number of rotatable bonds is 5. The molecule has 28 heavy (non-hydrogen) atoms. The Kier molecular flexibility index (Phi) is 5.94. The van der Waals surface area contributed by atoms with Crippen LogP contribution in [-0.2, 0) is 9.53 Å². The smallest absolute Gasteiger partial charge is 0.338 e. The Morgan fingerprint density at radius 1 is 1.25 bits per heavy atom. The van der Waals surface area contributed by atoms with Gasteiger partial charge in [-0.3, -0.25) is 4.90 Å². The Hall–Kier alpha value is -2.93. The Morgan fingerprint density at radius 3 is 2.57 bits per heavy atom. The van der Waals surface area contributed by atoms with Gasteiger partial charge in [0.15, 0.2) is 5.11 Å². The van der Waals surface area contributed by atoms with Gasteiger partial charge in [-0.15, -0.1) is 0 Å². The van der Waals surface area contributed by atoms with Crippen molar-refractivity contribution in [3.05, 3.63) is 71.2 Å². The number of esters is 1. The number of hydrogen-bond acceptors (Lipinski definition) is 4. The van der Waals surface area contributed by atoms with Crippen molar-refractivity contribution >= 4 is 29.0 Å². The lowest BCUT2D eigenvalue weighted by molar-refractivity contribution is -0.139. The van der Waals surface area contributed by atoms with Gasteiger partial charge in [0.2, 0.25) is 0 Å². The summed E-state index contributed by atoms with van der Waals surface area (Å²) < 4.78 is 24.3. The van der Waals surface area contributed by atoms with Crippen LogP contribution in [0.2, 0.25) is 0 Å². The largest absolute Gasteiger partial charge is 0.497 e. The quantitative estimate of drug-likeness (QED) is 0.602. The van der Waals surface area contributed by atoms with Gasteiger partial charge in [0.25, 0.3) is 0 Å². The fourth-order valence-corrected chi connectivity index (χ4v) is 3.55. The first kappa shape index (κ1) is 19.8. The third kappa shape index (κ3) is 3.84. The summed E-state index contributed by atoms with van der Waals surface area (Å²) in [6.07, 6.45) is 0. The summed E-state index contributed by atoms with van der Waals surface area (Å²) in [5.41, 5.74) is 2.38. The Labute approximate surface area is 168 Å². The molecule has 1 aliphatic heterocycles. The molecule has 0 fully saturated rings. The summed E-state index contributed by atoms with van der Waals surface area (Å²) >= 11 is 5.57. The SMILES string of the molecule is CCOC(=O)C1=C(C)N(c2ccc(OC)cc2)C(=S)N[C@@H]1c1cccc(F)c1. The van der Waals surface area contributed by atoms with Crippen LogP contribution in [0.4, 0.5) is 10.1 Å². The molecule has 5 nitrogen and oxygen atoms in total. The number of benzene rings is 2. The molecule has 0 bridgehead atoms. The zero-order chi connectivity index (χ0) is 20.3. The van der Waals surface area contributed by atoms with Gasteiger partial charge in [0.1, 0.15) is 11.6 Å². The van der Waals surface area contributed by atoms with Crippen LogP contribution in [0.5, 0.6) is 5.75 Å². The molecule has 0 aromatic heterocycles. The van der Waals surface area contributed by atoms with E-state index in [1.807, 2.05) is 24.3 Å². The van der Waals surface area contributed by atoms with Crippen molar-refractivity contribution in [2.75, 3.05) is 18.6 Å². The van der Waals surface area contributed by atoms with Crippen molar-refractivity contribution in [2.45, 2.75) is 19.9 Å². The van der Waals surface area contributed by atoms with Crippen molar-refractivity contribution < 1.29 is 18.7 Å². The van der Waals surface area contributed by atoms with Crippen molar-refractivity contribution in [1.29, 1.82) is 0 Å². The maximum Gasteiger partial charge on any atom is 0.338 e. The number of nitrogens with one attached hydrogen (secondary N) is 1. The molecular weight excluding hydrogens is 379 g/mol. The second-order valence-electron chi connectivity index (χ2n) is 6.19. The Morgan fingerprint density at radius 2 is 1.96 bits per heavy atom. The third-order valence-corrected chi connectivity index (χ3v) is 4.79. The topological polar surface area (TPSA) is 50.8 Å². The van der Waals surface area contributed by atoms with Crippen molar-refractivity contribution in [2.24, 2.45) is 0 Å². The average Bonchev–Trinajstić information content (AvgIpc) is 2.68. The minimum atomic E-state index is -0.600. The van der Waals surface area contributed by atoms with E-state index >= 15 is 0 Å². The molecule has 0 saturated carbocycles. The van der Waals surface area contributed by atoms with Crippen LogP contribution in [0.25, 0.3) is 0 Å². The third-order valence-electron chi connectivity index (χ3n) is 4.49. The zero-order valence-corrected chi connectivity index (χ0v) is 16.7. The van der Waals surface area contributed by atoms with Crippen LogP contribution in [0.15, 0.2) is 59.8 Å². The van der Waals surface area contributed by atoms with Gasteiger partial charge in [-0.2, -0.15) is 0 Å². The number of nitrogens with zero attached hydrogens (tertiary/aromatic N) is 1. The van der Waals surface area contributed by atoms with Crippen LogP contribution >= 0.6 is 12.2 Å². The molecule has 1 N–H and O–H groups in total. The zero-order valence-electron chi connectivity index (χ0n) is 15.9. The van der Waals surface area contributed by atoms with E-state index in [0.29, 0.717) is 27.7 Å². The summed E-state index contributed by atoms with van der Waals surface area (Å²) in [6, 6.07) is 12.8. The van der Waals surface area contributed by atoms with E-state index in [1.165, 1.54) is 12.1 Å². The molecule has 1 aliphatic rings. The van der Waals surface area contributed by atoms with Crippen LogP contribution in [-0.4, -0.2) is 24.8 Å². The fraction of sp³-hybridized carbons (Fsp3) is 0.238. The highest BCUT2D eigenvalue weighted by atomic mass is 32.1. The maximum atomic E-state index is 13.8. The van der Waals surface area contributed by atoms with Gasteiger partial charge in [-0.05, 0) is 68.0 Å². The highest BCUT2D eigenvalue weighted by Gasteiger charge is 2.35. The highest BCUT2D eigenvalue weighted by Crippen LogP contribution is 2.34. The molecular formula is C21H21FN2O3S. The number of methoxy groups -OCH3 is 1. The predicted molar refractivity (Wildman–Crippen MR) is 110 cm³/mol. The van der Waals surface area contributed by atoms with E-state index in [2.05, 4.69) is 5.32 Å². The van der Waals surface area contributed by atoms with Crippen LogP contribution in [0, 0.1) is 5.82 Å². The summed E-state index contributed by atoms with van der Waals surface area (Å²) in [5.74, 6) is -0.143. The van der Waals surface area contributed by atoms with Crippen molar-refractivity contribution in [3.63, 3.8) is 0 Å². The van der Waals surface area contributed by atoms with E-state index < -0.39 is 12.0 Å². The molecule has 7 heteroatoms. The fourth-order valence-electron chi connectivity index (χ4n) is 3.19. The molecule has 0 unspecified atom stereocenters. The van der Waals surface area contributed by atoms with Crippen LogP contribution in [0.3, 0.4) is 0 Å². The van der Waals surface area contributed by atoms with E-state index in [9.17, 15) is 9.18 Å². The normalized spacial score (nSPS) is 16.6. The Bertz CT molecular complexity index is 928. The summed E-state index contributed by atoms with van der Waals surface area (Å²) in [7, 11) is 1.59. The molecule has 2 aromatic carbocycles. The predicted octanol–water partition coefficient (Wildman–Crippen LogP) is 4.11. The van der Waals surface area contributed by atoms with Gasteiger partial charge < -0.3 is 14.8 Å². The van der Waals surface area contributed by atoms with E-state index in [0.717, 1.165) is 5.69 Å². The van der Waals surface area contributed by atoms with Gasteiger partial charge in [0, 0.05) is 11.4 Å².